The zero-order chi connectivity index (χ0) is 22.1. The molecule has 1 saturated carbocycles. The van der Waals surface area contributed by atoms with Crippen LogP contribution in [0.5, 0.6) is 11.8 Å². The molecule has 0 radical (unpaired) electrons. The normalized spacial score (nSPS) is 22.9. The number of rotatable bonds is 3. The highest BCUT2D eigenvalue weighted by Crippen LogP contribution is 2.48. The second-order valence-electron chi connectivity index (χ2n) is 9.45. The van der Waals surface area contributed by atoms with Crippen molar-refractivity contribution >= 4 is 5.82 Å². The van der Waals surface area contributed by atoms with Gasteiger partial charge in [-0.1, -0.05) is 0 Å². The predicted molar refractivity (Wildman–Crippen MR) is 121 cm³/mol. The number of nitrogens with zero attached hydrogens (tertiary/aromatic N) is 4. The van der Waals surface area contributed by atoms with Crippen molar-refractivity contribution < 1.29 is 9.13 Å². The van der Waals surface area contributed by atoms with Crippen molar-refractivity contribution in [2.75, 3.05) is 11.4 Å². The van der Waals surface area contributed by atoms with E-state index in [0.717, 1.165) is 64.4 Å². The van der Waals surface area contributed by atoms with E-state index < -0.39 is 0 Å². The number of pyridine rings is 1. The van der Waals surface area contributed by atoms with E-state index in [1.165, 1.54) is 0 Å². The fourth-order valence-electron chi connectivity index (χ4n) is 5.56. The monoisotopic (exact) mass is 431 g/mol. The maximum absolute atomic E-state index is 14.4. The summed E-state index contributed by atoms with van der Waals surface area (Å²) in [5, 5.41) is 0. The van der Waals surface area contributed by atoms with Crippen LogP contribution in [0, 0.1) is 32.5 Å². The van der Waals surface area contributed by atoms with E-state index >= 15 is 0 Å². The van der Waals surface area contributed by atoms with E-state index in [1.54, 1.807) is 18.3 Å². The standard InChI is InChI=1S/C25H26FN5O/c1-12-5-18(10-28-14(12)3)32-25-29-22-9-19-13(2)4-16(26)7-20(19)23(22)24(30-25)31-11-15-6-17(31)8-21(15)27/h4-5,7,10,15,17,21H,6,8-9,11,27H2,1-3H3. The van der Waals surface area contributed by atoms with Gasteiger partial charge in [-0.15, -0.1) is 0 Å². The Morgan fingerprint density at radius 3 is 2.66 bits per heavy atom. The zero-order valence-electron chi connectivity index (χ0n) is 18.5. The summed E-state index contributed by atoms with van der Waals surface area (Å²) in [6, 6.07) is 6.06. The maximum atomic E-state index is 14.4. The van der Waals surface area contributed by atoms with Gasteiger partial charge in [0.2, 0.25) is 0 Å². The molecule has 3 unspecified atom stereocenters. The topological polar surface area (TPSA) is 77.2 Å². The Hall–Kier alpha value is -3.06. The molecule has 0 amide bonds. The molecule has 1 aromatic carbocycles. The second-order valence-corrected chi connectivity index (χ2v) is 9.45. The Bertz CT molecular complexity index is 1260. The molecule has 3 aromatic rings. The van der Waals surface area contributed by atoms with Crippen LogP contribution in [0.2, 0.25) is 0 Å². The van der Waals surface area contributed by atoms with Gasteiger partial charge in [-0.05, 0) is 80.0 Å². The molecule has 3 atom stereocenters. The quantitative estimate of drug-likeness (QED) is 0.523. The third-order valence-corrected chi connectivity index (χ3v) is 7.39. The first kappa shape index (κ1) is 19.6. The molecule has 0 spiro atoms. The van der Waals surface area contributed by atoms with Crippen LogP contribution in [0.15, 0.2) is 24.4 Å². The van der Waals surface area contributed by atoms with Crippen molar-refractivity contribution in [3.63, 3.8) is 0 Å². The van der Waals surface area contributed by atoms with Crippen LogP contribution in [0.4, 0.5) is 10.2 Å². The van der Waals surface area contributed by atoms with Crippen molar-refractivity contribution in [3.8, 4) is 22.9 Å². The van der Waals surface area contributed by atoms with Crippen molar-refractivity contribution in [1.82, 2.24) is 15.0 Å². The average Bonchev–Trinajstić information content (AvgIpc) is 3.42. The van der Waals surface area contributed by atoms with Gasteiger partial charge in [0.05, 0.1) is 11.9 Å². The van der Waals surface area contributed by atoms with Gasteiger partial charge < -0.3 is 15.4 Å². The third-order valence-electron chi connectivity index (χ3n) is 7.39. The van der Waals surface area contributed by atoms with Gasteiger partial charge in [-0.2, -0.15) is 9.97 Å². The molecule has 6 nitrogen and oxygen atoms in total. The van der Waals surface area contributed by atoms with Crippen LogP contribution in [0.25, 0.3) is 11.1 Å². The van der Waals surface area contributed by atoms with Crippen LogP contribution < -0.4 is 15.4 Å². The van der Waals surface area contributed by atoms with Crippen LogP contribution in [-0.4, -0.2) is 33.6 Å². The summed E-state index contributed by atoms with van der Waals surface area (Å²) in [5.74, 6) is 1.69. The minimum absolute atomic E-state index is 0.230. The Labute approximate surface area is 186 Å². The molecule has 6 rings (SSSR count). The molecule has 7 heteroatoms. The summed E-state index contributed by atoms with van der Waals surface area (Å²) in [7, 11) is 0. The molecular formula is C25H26FN5O. The highest BCUT2D eigenvalue weighted by atomic mass is 19.1. The maximum Gasteiger partial charge on any atom is 0.324 e. The number of fused-ring (bicyclic) bond motifs is 5. The number of hydrogen-bond acceptors (Lipinski definition) is 6. The Morgan fingerprint density at radius 2 is 1.94 bits per heavy atom. The van der Waals surface area contributed by atoms with E-state index in [0.29, 0.717) is 30.1 Å². The Balaban J connectivity index is 1.47. The molecule has 164 valence electrons. The smallest absolute Gasteiger partial charge is 0.324 e. The summed E-state index contributed by atoms with van der Waals surface area (Å²) in [6.07, 6.45) is 4.38. The Morgan fingerprint density at radius 1 is 1.09 bits per heavy atom. The average molecular weight is 432 g/mol. The molecule has 3 heterocycles. The number of benzene rings is 1. The highest BCUT2D eigenvalue weighted by molar-refractivity contribution is 5.86. The fourth-order valence-corrected chi connectivity index (χ4v) is 5.56. The zero-order valence-corrected chi connectivity index (χ0v) is 18.5. The van der Waals surface area contributed by atoms with Crippen LogP contribution in [0.3, 0.4) is 0 Å². The van der Waals surface area contributed by atoms with Gasteiger partial charge in [0.25, 0.3) is 0 Å². The van der Waals surface area contributed by atoms with Crippen molar-refractivity contribution in [2.45, 2.75) is 52.1 Å². The number of aromatic nitrogens is 3. The fraction of sp³-hybridized carbons (Fsp3) is 0.400. The van der Waals surface area contributed by atoms with Gasteiger partial charge >= 0.3 is 6.01 Å². The highest BCUT2D eigenvalue weighted by Gasteiger charge is 2.45. The Kier molecular flexibility index (Phi) is 4.27. The molecule has 2 bridgehead atoms. The molecule has 2 aliphatic carbocycles. The lowest BCUT2D eigenvalue weighted by molar-refractivity contribution is 0.434. The number of anilines is 1. The number of hydrogen-bond donors (Lipinski definition) is 1. The lowest BCUT2D eigenvalue weighted by Gasteiger charge is -2.32. The van der Waals surface area contributed by atoms with E-state index in [4.69, 9.17) is 20.4 Å². The first-order valence-corrected chi connectivity index (χ1v) is 11.2. The van der Waals surface area contributed by atoms with Gasteiger partial charge in [0, 0.05) is 36.3 Å². The number of ether oxygens (including phenoxy) is 1. The van der Waals surface area contributed by atoms with Crippen molar-refractivity contribution in [3.05, 3.63) is 58.3 Å². The van der Waals surface area contributed by atoms with E-state index in [1.807, 2.05) is 26.8 Å². The van der Waals surface area contributed by atoms with Gasteiger partial charge in [0.15, 0.2) is 0 Å². The first-order chi connectivity index (χ1) is 15.4. The van der Waals surface area contributed by atoms with Gasteiger partial charge in [0.1, 0.15) is 17.4 Å². The molecule has 1 aliphatic heterocycles. The predicted octanol–water partition coefficient (Wildman–Crippen LogP) is 4.23. The molecule has 3 aliphatic rings. The SMILES string of the molecule is Cc1cc(Oc2nc3c(c(N4CC5CC4CC5N)n2)-c2cc(F)cc(C)c2C3)cnc1C. The molecule has 2 N–H and O–H groups in total. The van der Waals surface area contributed by atoms with Gasteiger partial charge in [-0.25, -0.2) is 4.39 Å². The summed E-state index contributed by atoms with van der Waals surface area (Å²) >= 11 is 0. The van der Waals surface area contributed by atoms with Crippen LogP contribution in [0.1, 0.15) is 40.9 Å². The first-order valence-electron chi connectivity index (χ1n) is 11.2. The molecule has 2 aromatic heterocycles. The van der Waals surface area contributed by atoms with E-state index in [9.17, 15) is 4.39 Å². The summed E-state index contributed by atoms with van der Waals surface area (Å²) in [4.78, 5) is 16.4. The van der Waals surface area contributed by atoms with E-state index in [2.05, 4.69) is 9.88 Å². The number of nitrogens with two attached hydrogens (primary N) is 1. The largest absolute Gasteiger partial charge is 0.423 e. The minimum atomic E-state index is -0.230. The number of aryl methyl sites for hydroxylation is 3. The molecule has 1 saturated heterocycles. The molecule has 2 fully saturated rings. The van der Waals surface area contributed by atoms with Crippen LogP contribution in [-0.2, 0) is 6.42 Å². The number of piperidine rings is 1. The van der Waals surface area contributed by atoms with Crippen molar-refractivity contribution in [1.29, 1.82) is 0 Å². The van der Waals surface area contributed by atoms with Crippen LogP contribution >= 0.6 is 0 Å². The number of halogens is 1. The van der Waals surface area contributed by atoms with E-state index in [-0.39, 0.29) is 11.9 Å². The molecule has 32 heavy (non-hydrogen) atoms. The lowest BCUT2D eigenvalue weighted by atomic mass is 10.0. The summed E-state index contributed by atoms with van der Waals surface area (Å²) in [5.41, 5.74) is 13.1. The summed E-state index contributed by atoms with van der Waals surface area (Å²) in [6.45, 7) is 6.79. The summed E-state index contributed by atoms with van der Waals surface area (Å²) < 4.78 is 20.4. The molecular weight excluding hydrogens is 405 g/mol. The third kappa shape index (κ3) is 2.98. The lowest BCUT2D eigenvalue weighted by Crippen LogP contribution is -2.41. The second kappa shape index (κ2) is 6.97. The minimum Gasteiger partial charge on any atom is -0.423 e. The van der Waals surface area contributed by atoms with Gasteiger partial charge in [-0.3, -0.25) is 4.98 Å². The van der Waals surface area contributed by atoms with Crippen molar-refractivity contribution in [2.24, 2.45) is 11.7 Å².